The van der Waals surface area contributed by atoms with E-state index in [4.69, 9.17) is 0 Å². The van der Waals surface area contributed by atoms with E-state index in [2.05, 4.69) is 4.74 Å². The molecule has 0 atom stereocenters. The second kappa shape index (κ2) is 4.88. The quantitative estimate of drug-likeness (QED) is 0.457. The van der Waals surface area contributed by atoms with Crippen molar-refractivity contribution in [2.45, 2.75) is 20.3 Å². The molecule has 0 aromatic carbocycles. The van der Waals surface area contributed by atoms with Crippen LogP contribution in [0, 0.1) is 0 Å². The number of allylic oxidation sites excluding steroid dienone is 3. The van der Waals surface area contributed by atoms with Gasteiger partial charge < -0.3 is 4.74 Å². The molecule has 0 aliphatic heterocycles. The summed E-state index contributed by atoms with van der Waals surface area (Å²) in [5.74, 6) is -1.81. The van der Waals surface area contributed by atoms with Crippen molar-refractivity contribution in [1.82, 2.24) is 0 Å². The van der Waals surface area contributed by atoms with Gasteiger partial charge in [0.25, 0.3) is 0 Å². The summed E-state index contributed by atoms with van der Waals surface area (Å²) < 4.78 is 29.5. The summed E-state index contributed by atoms with van der Waals surface area (Å²) >= 11 is 0. The number of rotatable bonds is 3. The Morgan fingerprint density at radius 1 is 1.45 bits per heavy atom. The van der Waals surface area contributed by atoms with Crippen LogP contribution in [-0.4, -0.2) is 7.11 Å². The van der Waals surface area contributed by atoms with E-state index < -0.39 is 11.7 Å². The predicted octanol–water partition coefficient (Wildman–Crippen LogP) is 3.10. The summed E-state index contributed by atoms with van der Waals surface area (Å²) in [6, 6.07) is 0. The molecule has 0 amide bonds. The molecular weight excluding hydrogens is 150 g/mol. The standard InChI is InChI=1S/C8H12F2O/c1-4-5-7(11-3)8(10)6(2)9/h5H,4H2,1-3H3/b7-5+,8-6-. The fourth-order valence-electron chi connectivity index (χ4n) is 0.618. The Labute approximate surface area is 65.4 Å². The first-order valence-electron chi connectivity index (χ1n) is 3.39. The third-order valence-electron chi connectivity index (χ3n) is 1.13. The van der Waals surface area contributed by atoms with Crippen LogP contribution in [0.2, 0.25) is 0 Å². The second-order valence-electron chi connectivity index (χ2n) is 2.03. The van der Waals surface area contributed by atoms with E-state index in [0.717, 1.165) is 6.92 Å². The molecule has 0 aliphatic rings. The molecular formula is C8H12F2O. The Balaban J connectivity index is 4.52. The summed E-state index contributed by atoms with van der Waals surface area (Å²) in [6.45, 7) is 2.87. The molecule has 0 saturated carbocycles. The number of halogens is 2. The summed E-state index contributed by atoms with van der Waals surface area (Å²) in [7, 11) is 1.31. The Morgan fingerprint density at radius 2 is 2.00 bits per heavy atom. The predicted molar refractivity (Wildman–Crippen MR) is 40.3 cm³/mol. The summed E-state index contributed by atoms with van der Waals surface area (Å²) in [5.41, 5.74) is 0. The maximum Gasteiger partial charge on any atom is 0.195 e. The molecule has 0 fully saturated rings. The highest BCUT2D eigenvalue weighted by atomic mass is 19.2. The van der Waals surface area contributed by atoms with Crippen molar-refractivity contribution in [2.75, 3.05) is 7.11 Å². The van der Waals surface area contributed by atoms with Crippen LogP contribution in [0.4, 0.5) is 8.78 Å². The van der Waals surface area contributed by atoms with Crippen LogP contribution in [0.1, 0.15) is 20.3 Å². The molecule has 0 bridgehead atoms. The molecule has 0 aromatic rings. The van der Waals surface area contributed by atoms with Crippen molar-refractivity contribution in [3.63, 3.8) is 0 Å². The summed E-state index contributed by atoms with van der Waals surface area (Å²) in [5, 5.41) is 0. The maximum absolute atomic E-state index is 12.7. The minimum absolute atomic E-state index is 0.0347. The van der Waals surface area contributed by atoms with E-state index in [1.54, 1.807) is 0 Å². The van der Waals surface area contributed by atoms with Crippen LogP contribution < -0.4 is 0 Å². The van der Waals surface area contributed by atoms with Crippen LogP contribution in [0.15, 0.2) is 23.5 Å². The van der Waals surface area contributed by atoms with Crippen molar-refractivity contribution in [3.8, 4) is 0 Å². The van der Waals surface area contributed by atoms with Crippen molar-refractivity contribution >= 4 is 0 Å². The molecule has 0 saturated heterocycles. The minimum atomic E-state index is -0.922. The largest absolute Gasteiger partial charge is 0.494 e. The molecule has 1 nitrogen and oxygen atoms in total. The molecule has 0 heterocycles. The highest BCUT2D eigenvalue weighted by molar-refractivity contribution is 5.21. The topological polar surface area (TPSA) is 9.23 Å². The molecule has 3 heteroatoms. The molecule has 0 radical (unpaired) electrons. The summed E-state index contributed by atoms with van der Waals surface area (Å²) in [4.78, 5) is 0. The van der Waals surface area contributed by atoms with Crippen molar-refractivity contribution in [2.24, 2.45) is 0 Å². The van der Waals surface area contributed by atoms with Gasteiger partial charge in [0.15, 0.2) is 11.6 Å². The zero-order valence-corrected chi connectivity index (χ0v) is 6.95. The molecule has 0 aromatic heterocycles. The fraction of sp³-hybridized carbons (Fsp3) is 0.500. The lowest BCUT2D eigenvalue weighted by Crippen LogP contribution is -1.88. The van der Waals surface area contributed by atoms with Crippen LogP contribution in [0.3, 0.4) is 0 Å². The second-order valence-corrected chi connectivity index (χ2v) is 2.03. The van der Waals surface area contributed by atoms with Gasteiger partial charge in [0, 0.05) is 0 Å². The normalized spacial score (nSPS) is 14.5. The van der Waals surface area contributed by atoms with Gasteiger partial charge in [-0.2, -0.15) is 0 Å². The lowest BCUT2D eigenvalue weighted by Gasteiger charge is -2.02. The van der Waals surface area contributed by atoms with Gasteiger partial charge in [-0.3, -0.25) is 0 Å². The Kier molecular flexibility index (Phi) is 4.50. The van der Waals surface area contributed by atoms with Gasteiger partial charge >= 0.3 is 0 Å². The van der Waals surface area contributed by atoms with Crippen LogP contribution >= 0.6 is 0 Å². The highest BCUT2D eigenvalue weighted by Gasteiger charge is 2.07. The van der Waals surface area contributed by atoms with Gasteiger partial charge in [-0.05, 0) is 19.4 Å². The lowest BCUT2D eigenvalue weighted by molar-refractivity contribution is 0.277. The molecule has 11 heavy (non-hydrogen) atoms. The van der Waals surface area contributed by atoms with Gasteiger partial charge in [0.05, 0.1) is 7.11 Å². The first-order valence-corrected chi connectivity index (χ1v) is 3.39. The number of methoxy groups -OCH3 is 1. The maximum atomic E-state index is 12.7. The van der Waals surface area contributed by atoms with Gasteiger partial charge in [-0.15, -0.1) is 0 Å². The first kappa shape index (κ1) is 10.1. The van der Waals surface area contributed by atoms with Crippen LogP contribution in [-0.2, 0) is 4.74 Å². The fourth-order valence-corrected chi connectivity index (χ4v) is 0.618. The number of hydrogen-bond donors (Lipinski definition) is 0. The smallest absolute Gasteiger partial charge is 0.195 e. The first-order chi connectivity index (χ1) is 5.13. The zero-order valence-electron chi connectivity index (χ0n) is 6.95. The average molecular weight is 162 g/mol. The zero-order chi connectivity index (χ0) is 8.85. The van der Waals surface area contributed by atoms with Gasteiger partial charge in [0.2, 0.25) is 0 Å². The lowest BCUT2D eigenvalue weighted by atomic mass is 10.3. The van der Waals surface area contributed by atoms with E-state index in [-0.39, 0.29) is 5.76 Å². The van der Waals surface area contributed by atoms with E-state index in [1.807, 2.05) is 6.92 Å². The SMILES string of the molecule is CC/C=C(OC)\C(F)=C(/C)F. The number of ether oxygens (including phenoxy) is 1. The molecule has 0 rings (SSSR count). The van der Waals surface area contributed by atoms with Crippen molar-refractivity contribution in [1.29, 1.82) is 0 Å². The number of hydrogen-bond acceptors (Lipinski definition) is 1. The molecule has 64 valence electrons. The highest BCUT2D eigenvalue weighted by Crippen LogP contribution is 2.17. The minimum Gasteiger partial charge on any atom is -0.494 e. The van der Waals surface area contributed by atoms with Gasteiger partial charge in [-0.25, -0.2) is 8.78 Å². The van der Waals surface area contributed by atoms with Crippen molar-refractivity contribution in [3.05, 3.63) is 23.5 Å². The average Bonchev–Trinajstić information content (AvgIpc) is 1.98. The van der Waals surface area contributed by atoms with E-state index in [1.165, 1.54) is 13.2 Å². The van der Waals surface area contributed by atoms with Gasteiger partial charge in [-0.1, -0.05) is 6.92 Å². The molecule has 0 N–H and O–H groups in total. The van der Waals surface area contributed by atoms with Crippen LogP contribution in [0.25, 0.3) is 0 Å². The van der Waals surface area contributed by atoms with E-state index in [0.29, 0.717) is 6.42 Å². The third kappa shape index (κ3) is 3.16. The Hall–Kier alpha value is -0.860. The molecule has 0 aliphatic carbocycles. The Bertz CT molecular complexity index is 179. The van der Waals surface area contributed by atoms with Gasteiger partial charge in [0.1, 0.15) is 5.83 Å². The molecule has 0 unspecified atom stereocenters. The van der Waals surface area contributed by atoms with Crippen molar-refractivity contribution < 1.29 is 13.5 Å². The monoisotopic (exact) mass is 162 g/mol. The Morgan fingerprint density at radius 3 is 2.27 bits per heavy atom. The van der Waals surface area contributed by atoms with E-state index >= 15 is 0 Å². The molecule has 0 spiro atoms. The third-order valence-corrected chi connectivity index (χ3v) is 1.13. The van der Waals surface area contributed by atoms with E-state index in [9.17, 15) is 8.78 Å². The van der Waals surface area contributed by atoms with Crippen LogP contribution in [0.5, 0.6) is 0 Å². The summed E-state index contributed by atoms with van der Waals surface area (Å²) in [6.07, 6.45) is 2.10.